The number of hydrogen-bond acceptors (Lipinski definition) is 7. The minimum atomic E-state index is -1.57. The number of hydrogen-bond donors (Lipinski definition) is 7. The van der Waals surface area contributed by atoms with Crippen molar-refractivity contribution in [3.05, 3.63) is 18.2 Å². The van der Waals surface area contributed by atoms with Gasteiger partial charge in [-0.15, -0.1) is 0 Å². The Balaban J connectivity index is 2.99. The van der Waals surface area contributed by atoms with Crippen molar-refractivity contribution in [2.45, 2.75) is 64.2 Å². The first kappa shape index (κ1) is 26.6. The standard InChI is InChI=1S/C19H30N6O7/c1-4-9(2)15(25-16(28)10(3)20)18(30)23-12(6-14(26)27)17(29)24-13(19(31)32)5-11-7-21-8-22-11/h7-10,12-13,15H,4-6,20H2,1-3H3,(H,21,22)(H,23,30)(H,24,29)(H,25,28)(H,26,27)(H,31,32). The topological polar surface area (TPSA) is 217 Å². The fourth-order valence-electron chi connectivity index (χ4n) is 2.72. The van der Waals surface area contributed by atoms with E-state index in [9.17, 15) is 29.1 Å². The molecule has 8 N–H and O–H groups in total. The number of H-pyrrole nitrogens is 1. The predicted octanol–water partition coefficient (Wildman–Crippen LogP) is -1.64. The SMILES string of the molecule is CCC(C)C(NC(=O)C(C)N)C(=O)NC(CC(=O)O)C(=O)NC(Cc1cnc[nH]1)C(=O)O. The van der Waals surface area contributed by atoms with Gasteiger partial charge in [0.15, 0.2) is 0 Å². The van der Waals surface area contributed by atoms with Gasteiger partial charge < -0.3 is 36.9 Å². The number of carboxylic acid groups (broad SMARTS) is 2. The summed E-state index contributed by atoms with van der Waals surface area (Å²) in [6.45, 7) is 4.92. The molecule has 13 heteroatoms. The minimum absolute atomic E-state index is 0.130. The zero-order valence-corrected chi connectivity index (χ0v) is 18.1. The quantitative estimate of drug-likeness (QED) is 0.181. The second kappa shape index (κ2) is 12.4. The maximum atomic E-state index is 12.8. The van der Waals surface area contributed by atoms with E-state index in [4.69, 9.17) is 10.8 Å². The number of aromatic amines is 1. The van der Waals surface area contributed by atoms with Crippen LogP contribution in [0.1, 0.15) is 39.3 Å². The zero-order valence-electron chi connectivity index (χ0n) is 18.1. The molecule has 32 heavy (non-hydrogen) atoms. The second-order valence-electron chi connectivity index (χ2n) is 7.50. The fraction of sp³-hybridized carbons (Fsp3) is 0.579. The van der Waals surface area contributed by atoms with Gasteiger partial charge in [-0.05, 0) is 12.8 Å². The van der Waals surface area contributed by atoms with Gasteiger partial charge in [0.2, 0.25) is 17.7 Å². The molecule has 0 radical (unpaired) electrons. The van der Waals surface area contributed by atoms with Gasteiger partial charge in [-0.2, -0.15) is 0 Å². The zero-order chi connectivity index (χ0) is 24.4. The van der Waals surface area contributed by atoms with E-state index in [2.05, 4.69) is 25.9 Å². The van der Waals surface area contributed by atoms with E-state index < -0.39 is 60.2 Å². The first-order chi connectivity index (χ1) is 15.0. The average molecular weight is 454 g/mol. The Hall–Kier alpha value is -3.48. The molecule has 0 aliphatic heterocycles. The first-order valence-electron chi connectivity index (χ1n) is 10.0. The maximum Gasteiger partial charge on any atom is 0.326 e. The molecule has 13 nitrogen and oxygen atoms in total. The van der Waals surface area contributed by atoms with Crippen molar-refractivity contribution in [2.75, 3.05) is 0 Å². The molecule has 0 spiro atoms. The fourth-order valence-corrected chi connectivity index (χ4v) is 2.72. The third-order valence-electron chi connectivity index (χ3n) is 4.81. The molecule has 178 valence electrons. The molecule has 1 aromatic heterocycles. The molecular formula is C19H30N6O7. The van der Waals surface area contributed by atoms with Crippen molar-refractivity contribution < 1.29 is 34.2 Å². The van der Waals surface area contributed by atoms with E-state index in [1.807, 2.05) is 0 Å². The Morgan fingerprint density at radius 1 is 1.03 bits per heavy atom. The lowest BCUT2D eigenvalue weighted by Gasteiger charge is -2.27. The molecule has 1 aromatic rings. The van der Waals surface area contributed by atoms with Gasteiger partial charge in [-0.25, -0.2) is 9.78 Å². The van der Waals surface area contributed by atoms with Crippen molar-refractivity contribution in [3.63, 3.8) is 0 Å². The number of imidazole rings is 1. The van der Waals surface area contributed by atoms with E-state index in [-0.39, 0.29) is 12.3 Å². The summed E-state index contributed by atoms with van der Waals surface area (Å²) in [5, 5.41) is 25.6. The van der Waals surface area contributed by atoms with Crippen LogP contribution < -0.4 is 21.7 Å². The molecule has 1 heterocycles. The van der Waals surface area contributed by atoms with Gasteiger partial charge in [-0.3, -0.25) is 19.2 Å². The third kappa shape index (κ3) is 8.34. The molecule has 0 aliphatic carbocycles. The van der Waals surface area contributed by atoms with Crippen molar-refractivity contribution in [1.29, 1.82) is 0 Å². The van der Waals surface area contributed by atoms with Crippen molar-refractivity contribution in [3.8, 4) is 0 Å². The second-order valence-corrected chi connectivity index (χ2v) is 7.50. The molecule has 0 aromatic carbocycles. The number of carbonyl (C=O) groups is 5. The highest BCUT2D eigenvalue weighted by atomic mass is 16.4. The smallest absolute Gasteiger partial charge is 0.326 e. The summed E-state index contributed by atoms with van der Waals surface area (Å²) in [6.07, 6.45) is 2.31. The lowest BCUT2D eigenvalue weighted by molar-refractivity contribution is -0.143. The molecule has 0 saturated carbocycles. The highest BCUT2D eigenvalue weighted by Gasteiger charge is 2.33. The Labute approximate surface area is 184 Å². The molecule has 0 saturated heterocycles. The summed E-state index contributed by atoms with van der Waals surface area (Å²) in [7, 11) is 0. The summed E-state index contributed by atoms with van der Waals surface area (Å²) < 4.78 is 0. The number of nitrogens with zero attached hydrogens (tertiary/aromatic N) is 1. The summed E-state index contributed by atoms with van der Waals surface area (Å²) in [5.41, 5.74) is 5.97. The number of rotatable bonds is 13. The lowest BCUT2D eigenvalue weighted by Crippen LogP contribution is -2.58. The van der Waals surface area contributed by atoms with E-state index >= 15 is 0 Å². The highest BCUT2D eigenvalue weighted by Crippen LogP contribution is 2.10. The highest BCUT2D eigenvalue weighted by molar-refractivity contribution is 5.95. The summed E-state index contributed by atoms with van der Waals surface area (Å²) in [4.78, 5) is 66.7. The number of carbonyl (C=O) groups excluding carboxylic acids is 3. The van der Waals surface area contributed by atoms with Gasteiger partial charge in [0, 0.05) is 18.3 Å². The largest absolute Gasteiger partial charge is 0.481 e. The van der Waals surface area contributed by atoms with E-state index in [1.165, 1.54) is 19.4 Å². The van der Waals surface area contributed by atoms with Gasteiger partial charge in [0.05, 0.1) is 18.8 Å². The van der Waals surface area contributed by atoms with Crippen LogP contribution in [0.5, 0.6) is 0 Å². The number of aliphatic carboxylic acids is 2. The Kier molecular flexibility index (Phi) is 10.3. The Morgan fingerprint density at radius 3 is 2.12 bits per heavy atom. The van der Waals surface area contributed by atoms with Crippen molar-refractivity contribution in [1.82, 2.24) is 25.9 Å². The molecule has 5 unspecified atom stereocenters. The summed E-state index contributed by atoms with van der Waals surface area (Å²) >= 11 is 0. The summed E-state index contributed by atoms with van der Waals surface area (Å²) in [6, 6.07) is -4.91. The molecule has 1 rings (SSSR count). The summed E-state index contributed by atoms with van der Waals surface area (Å²) in [5.74, 6) is -5.45. The van der Waals surface area contributed by atoms with Gasteiger partial charge in [-0.1, -0.05) is 20.3 Å². The van der Waals surface area contributed by atoms with Gasteiger partial charge in [0.25, 0.3) is 0 Å². The van der Waals surface area contributed by atoms with Crippen molar-refractivity contribution >= 4 is 29.7 Å². The molecule has 0 aliphatic rings. The molecule has 3 amide bonds. The normalized spacial score (nSPS) is 15.5. The molecule has 0 bridgehead atoms. The van der Waals surface area contributed by atoms with E-state index in [0.717, 1.165) is 0 Å². The van der Waals surface area contributed by atoms with Crippen LogP contribution in [0.2, 0.25) is 0 Å². The Morgan fingerprint density at radius 2 is 1.66 bits per heavy atom. The number of nitrogens with two attached hydrogens (primary N) is 1. The van der Waals surface area contributed by atoms with Crippen LogP contribution in [-0.2, 0) is 30.4 Å². The lowest BCUT2D eigenvalue weighted by atomic mass is 9.97. The number of aromatic nitrogens is 2. The van der Waals surface area contributed by atoms with Crippen LogP contribution in [-0.4, -0.2) is 74.0 Å². The minimum Gasteiger partial charge on any atom is -0.481 e. The van der Waals surface area contributed by atoms with Crippen molar-refractivity contribution in [2.24, 2.45) is 11.7 Å². The monoisotopic (exact) mass is 454 g/mol. The molecule has 0 fully saturated rings. The van der Waals surface area contributed by atoms with Crippen LogP contribution in [0.3, 0.4) is 0 Å². The van der Waals surface area contributed by atoms with Crippen LogP contribution in [0.25, 0.3) is 0 Å². The molecular weight excluding hydrogens is 424 g/mol. The number of carboxylic acids is 2. The maximum absolute atomic E-state index is 12.8. The van der Waals surface area contributed by atoms with Gasteiger partial charge >= 0.3 is 11.9 Å². The predicted molar refractivity (Wildman–Crippen MR) is 111 cm³/mol. The van der Waals surface area contributed by atoms with Crippen LogP contribution >= 0.6 is 0 Å². The van der Waals surface area contributed by atoms with Crippen LogP contribution in [0.4, 0.5) is 0 Å². The van der Waals surface area contributed by atoms with Gasteiger partial charge in [0.1, 0.15) is 18.1 Å². The number of nitrogens with one attached hydrogen (secondary N) is 4. The van der Waals surface area contributed by atoms with Crippen LogP contribution in [0, 0.1) is 5.92 Å². The van der Waals surface area contributed by atoms with Crippen LogP contribution in [0.15, 0.2) is 12.5 Å². The van der Waals surface area contributed by atoms with E-state index in [0.29, 0.717) is 12.1 Å². The molecule has 5 atom stereocenters. The van der Waals surface area contributed by atoms with E-state index in [1.54, 1.807) is 13.8 Å². The Bertz CT molecular complexity index is 811. The third-order valence-corrected chi connectivity index (χ3v) is 4.81. The number of amides is 3. The average Bonchev–Trinajstić information content (AvgIpc) is 3.22. The first-order valence-corrected chi connectivity index (χ1v) is 10.0.